The summed E-state index contributed by atoms with van der Waals surface area (Å²) in [5.74, 6) is 0. The highest BCUT2D eigenvalue weighted by molar-refractivity contribution is 14.1. The van der Waals surface area contributed by atoms with Crippen molar-refractivity contribution in [1.82, 2.24) is 5.32 Å². The Bertz CT molecular complexity index is 300. The Labute approximate surface area is 86.0 Å². The molecule has 2 heteroatoms. The molecule has 62 valence electrons. The quantitative estimate of drug-likeness (QED) is 0.773. The molecule has 0 spiro atoms. The molecule has 0 aromatic heterocycles. The van der Waals surface area contributed by atoms with E-state index in [9.17, 15) is 0 Å². The Hall–Kier alpha value is -0.350. The topological polar surface area (TPSA) is 12.0 Å². The van der Waals surface area contributed by atoms with Crippen LogP contribution in [0.25, 0.3) is 5.57 Å². The van der Waals surface area contributed by atoms with E-state index in [0.717, 1.165) is 13.1 Å². The molecule has 0 unspecified atom stereocenters. The van der Waals surface area contributed by atoms with Crippen molar-refractivity contribution in [2.24, 2.45) is 0 Å². The number of nitrogens with one attached hydrogen (secondary N) is 1. The van der Waals surface area contributed by atoms with Crippen molar-refractivity contribution in [3.63, 3.8) is 0 Å². The van der Waals surface area contributed by atoms with Gasteiger partial charge in [-0.1, -0.05) is 18.2 Å². The molecule has 0 atom stereocenters. The standard InChI is InChI=1S/C10H10IN/c11-10-3-1-8(2-4-10)9-5-6-12-7-9/h1-5,12H,6-7H2. The SMILES string of the molecule is Ic1ccc(C2=CCNC2)cc1. The zero-order valence-electron chi connectivity index (χ0n) is 6.68. The first kappa shape index (κ1) is 8.26. The van der Waals surface area contributed by atoms with Crippen LogP contribution < -0.4 is 5.32 Å². The number of halogens is 1. The molecule has 12 heavy (non-hydrogen) atoms. The summed E-state index contributed by atoms with van der Waals surface area (Å²) in [5.41, 5.74) is 2.77. The van der Waals surface area contributed by atoms with Crippen LogP contribution in [0.1, 0.15) is 5.56 Å². The summed E-state index contributed by atoms with van der Waals surface area (Å²) >= 11 is 2.32. The average molecular weight is 271 g/mol. The second-order valence-corrected chi connectivity index (χ2v) is 4.11. The van der Waals surface area contributed by atoms with Gasteiger partial charge >= 0.3 is 0 Å². The molecule has 1 nitrogen and oxygen atoms in total. The van der Waals surface area contributed by atoms with Crippen molar-refractivity contribution >= 4 is 28.2 Å². The predicted molar refractivity (Wildman–Crippen MR) is 60.0 cm³/mol. The molecular weight excluding hydrogens is 261 g/mol. The summed E-state index contributed by atoms with van der Waals surface area (Å²) in [7, 11) is 0. The lowest BCUT2D eigenvalue weighted by atomic mass is 10.1. The molecule has 0 aliphatic carbocycles. The van der Waals surface area contributed by atoms with Crippen LogP contribution in [0.5, 0.6) is 0 Å². The molecular formula is C10H10IN. The van der Waals surface area contributed by atoms with Gasteiger partial charge in [-0.25, -0.2) is 0 Å². The molecule has 0 bridgehead atoms. The van der Waals surface area contributed by atoms with Gasteiger partial charge in [0.05, 0.1) is 0 Å². The second-order valence-electron chi connectivity index (χ2n) is 2.87. The van der Waals surface area contributed by atoms with Gasteiger partial charge in [-0.2, -0.15) is 0 Å². The first-order valence-electron chi connectivity index (χ1n) is 4.02. The highest BCUT2D eigenvalue weighted by Crippen LogP contribution is 2.17. The monoisotopic (exact) mass is 271 g/mol. The van der Waals surface area contributed by atoms with Crippen LogP contribution in [0.4, 0.5) is 0 Å². The molecule has 1 N–H and O–H groups in total. The molecule has 1 aromatic carbocycles. The molecule has 0 saturated carbocycles. The maximum atomic E-state index is 3.29. The number of rotatable bonds is 1. The number of hydrogen-bond acceptors (Lipinski definition) is 1. The van der Waals surface area contributed by atoms with E-state index in [1.54, 1.807) is 0 Å². The van der Waals surface area contributed by atoms with Crippen LogP contribution in [0.15, 0.2) is 30.3 Å². The summed E-state index contributed by atoms with van der Waals surface area (Å²) < 4.78 is 1.29. The molecule has 1 aliphatic rings. The summed E-state index contributed by atoms with van der Waals surface area (Å²) in [4.78, 5) is 0. The normalized spacial score (nSPS) is 16.2. The van der Waals surface area contributed by atoms with E-state index in [2.05, 4.69) is 58.2 Å². The van der Waals surface area contributed by atoms with E-state index in [4.69, 9.17) is 0 Å². The minimum atomic E-state index is 1.01. The number of benzene rings is 1. The van der Waals surface area contributed by atoms with E-state index in [1.165, 1.54) is 14.7 Å². The van der Waals surface area contributed by atoms with Crippen molar-refractivity contribution < 1.29 is 0 Å². The van der Waals surface area contributed by atoms with Crippen LogP contribution in [0.3, 0.4) is 0 Å². The average Bonchev–Trinajstić information content (AvgIpc) is 2.58. The van der Waals surface area contributed by atoms with E-state index in [0.29, 0.717) is 0 Å². The summed E-state index contributed by atoms with van der Waals surface area (Å²) in [5, 5.41) is 3.29. The summed E-state index contributed by atoms with van der Waals surface area (Å²) in [6.07, 6.45) is 2.25. The summed E-state index contributed by atoms with van der Waals surface area (Å²) in [6.45, 7) is 2.03. The fraction of sp³-hybridized carbons (Fsp3) is 0.200. The Morgan fingerprint density at radius 3 is 2.50 bits per heavy atom. The van der Waals surface area contributed by atoms with Gasteiger partial charge in [-0.15, -0.1) is 0 Å². The highest BCUT2D eigenvalue weighted by Gasteiger charge is 2.04. The molecule has 0 radical (unpaired) electrons. The maximum Gasteiger partial charge on any atom is 0.0211 e. The molecule has 0 saturated heterocycles. The van der Waals surface area contributed by atoms with Crippen molar-refractivity contribution in [3.05, 3.63) is 39.5 Å². The largest absolute Gasteiger partial charge is 0.309 e. The zero-order valence-corrected chi connectivity index (χ0v) is 8.84. The van der Waals surface area contributed by atoms with Crippen molar-refractivity contribution in [3.8, 4) is 0 Å². The Morgan fingerprint density at radius 1 is 1.17 bits per heavy atom. The molecule has 2 rings (SSSR count). The molecule has 0 amide bonds. The lowest BCUT2D eigenvalue weighted by molar-refractivity contribution is 0.897. The van der Waals surface area contributed by atoms with Crippen LogP contribution in [-0.4, -0.2) is 13.1 Å². The first-order valence-corrected chi connectivity index (χ1v) is 5.10. The third-order valence-corrected chi connectivity index (χ3v) is 2.74. The van der Waals surface area contributed by atoms with Gasteiger partial charge < -0.3 is 5.32 Å². The van der Waals surface area contributed by atoms with Crippen molar-refractivity contribution in [1.29, 1.82) is 0 Å². The van der Waals surface area contributed by atoms with Crippen LogP contribution in [0.2, 0.25) is 0 Å². The summed E-state index contributed by atoms with van der Waals surface area (Å²) in [6, 6.07) is 8.66. The lowest BCUT2D eigenvalue weighted by Crippen LogP contribution is -2.07. The smallest absolute Gasteiger partial charge is 0.0211 e. The second kappa shape index (κ2) is 3.58. The minimum Gasteiger partial charge on any atom is -0.309 e. The van der Waals surface area contributed by atoms with Gasteiger partial charge in [-0.05, 0) is 45.9 Å². The van der Waals surface area contributed by atoms with Gasteiger partial charge in [0.1, 0.15) is 0 Å². The van der Waals surface area contributed by atoms with Crippen molar-refractivity contribution in [2.75, 3.05) is 13.1 Å². The highest BCUT2D eigenvalue weighted by atomic mass is 127. The van der Waals surface area contributed by atoms with Gasteiger partial charge in [0.25, 0.3) is 0 Å². The fourth-order valence-corrected chi connectivity index (χ4v) is 1.72. The lowest BCUT2D eigenvalue weighted by Gasteiger charge is -2.00. The first-order chi connectivity index (χ1) is 5.86. The van der Waals surface area contributed by atoms with Gasteiger partial charge in [0.2, 0.25) is 0 Å². The third-order valence-electron chi connectivity index (χ3n) is 2.02. The molecule has 1 heterocycles. The van der Waals surface area contributed by atoms with E-state index in [1.807, 2.05) is 0 Å². The fourth-order valence-electron chi connectivity index (χ4n) is 1.36. The maximum absolute atomic E-state index is 3.29. The Balaban J connectivity index is 2.28. The Kier molecular flexibility index (Phi) is 2.46. The van der Waals surface area contributed by atoms with Gasteiger partial charge in [-0.3, -0.25) is 0 Å². The molecule has 1 aromatic rings. The van der Waals surface area contributed by atoms with Gasteiger partial charge in [0, 0.05) is 16.7 Å². The third kappa shape index (κ3) is 1.69. The van der Waals surface area contributed by atoms with Crippen LogP contribution in [0, 0.1) is 3.57 Å². The molecule has 1 aliphatic heterocycles. The van der Waals surface area contributed by atoms with E-state index < -0.39 is 0 Å². The zero-order chi connectivity index (χ0) is 8.39. The van der Waals surface area contributed by atoms with Gasteiger partial charge in [0.15, 0.2) is 0 Å². The predicted octanol–water partition coefficient (Wildman–Crippen LogP) is 2.28. The van der Waals surface area contributed by atoms with Crippen LogP contribution >= 0.6 is 22.6 Å². The van der Waals surface area contributed by atoms with Crippen LogP contribution in [-0.2, 0) is 0 Å². The van der Waals surface area contributed by atoms with E-state index in [-0.39, 0.29) is 0 Å². The Morgan fingerprint density at radius 2 is 1.92 bits per heavy atom. The van der Waals surface area contributed by atoms with Crippen molar-refractivity contribution in [2.45, 2.75) is 0 Å². The number of hydrogen-bond donors (Lipinski definition) is 1. The minimum absolute atomic E-state index is 1.01. The van der Waals surface area contributed by atoms with E-state index >= 15 is 0 Å². The molecule has 0 fully saturated rings.